The maximum Gasteiger partial charge on any atom is 0.223 e. The first kappa shape index (κ1) is 14.3. The van der Waals surface area contributed by atoms with E-state index in [0.717, 1.165) is 25.9 Å². The van der Waals surface area contributed by atoms with Gasteiger partial charge in [0.1, 0.15) is 0 Å². The van der Waals surface area contributed by atoms with Crippen molar-refractivity contribution in [3.63, 3.8) is 0 Å². The average molecular weight is 269 g/mol. The Bertz CT molecular complexity index is 310. The number of hydrogen-bond donors (Lipinski definition) is 2. The van der Waals surface area contributed by atoms with Gasteiger partial charge in [-0.15, -0.1) is 0 Å². The highest BCUT2D eigenvalue weighted by Gasteiger charge is 2.19. The van der Waals surface area contributed by atoms with E-state index in [1.165, 1.54) is 0 Å². The Kier molecular flexibility index (Phi) is 5.60. The summed E-state index contributed by atoms with van der Waals surface area (Å²) in [5.74, 6) is 0.0375. The van der Waals surface area contributed by atoms with Gasteiger partial charge in [0, 0.05) is 38.5 Å². The molecule has 2 amide bonds. The van der Waals surface area contributed by atoms with Crippen molar-refractivity contribution < 1.29 is 14.3 Å². The summed E-state index contributed by atoms with van der Waals surface area (Å²) in [4.78, 5) is 25.4. The van der Waals surface area contributed by atoms with Crippen molar-refractivity contribution in [1.29, 1.82) is 0 Å². The number of amides is 2. The fourth-order valence-electron chi connectivity index (χ4n) is 2.47. The van der Waals surface area contributed by atoms with E-state index in [1.807, 2.05) is 0 Å². The molecule has 0 radical (unpaired) electrons. The number of carbonyl (C=O) groups excluding carboxylic acids is 2. The van der Waals surface area contributed by atoms with Crippen LogP contribution in [0.3, 0.4) is 0 Å². The molecule has 19 heavy (non-hydrogen) atoms. The van der Waals surface area contributed by atoms with E-state index in [-0.39, 0.29) is 24.3 Å². The molecule has 0 aliphatic carbocycles. The molecule has 2 saturated heterocycles. The van der Waals surface area contributed by atoms with Crippen molar-refractivity contribution in [2.45, 2.75) is 31.7 Å². The predicted molar refractivity (Wildman–Crippen MR) is 70.7 cm³/mol. The average Bonchev–Trinajstić information content (AvgIpc) is 2.47. The SMILES string of the molecule is O=C(CCC(=O)N1CCOCC1)N[C@H]1CCCNC1. The summed E-state index contributed by atoms with van der Waals surface area (Å²) in [6.07, 6.45) is 2.70. The van der Waals surface area contributed by atoms with Crippen LogP contribution in [0.4, 0.5) is 0 Å². The second-order valence-corrected chi connectivity index (χ2v) is 5.10. The lowest BCUT2D eigenvalue weighted by atomic mass is 10.1. The fourth-order valence-corrected chi connectivity index (χ4v) is 2.47. The number of ether oxygens (including phenoxy) is 1. The summed E-state index contributed by atoms with van der Waals surface area (Å²) in [6, 6.07) is 0.222. The molecule has 2 heterocycles. The third-order valence-electron chi connectivity index (χ3n) is 3.59. The number of piperidine rings is 1. The molecule has 2 fully saturated rings. The van der Waals surface area contributed by atoms with Gasteiger partial charge in [0.15, 0.2) is 0 Å². The first-order valence-corrected chi connectivity index (χ1v) is 7.11. The van der Waals surface area contributed by atoms with E-state index < -0.39 is 0 Å². The Morgan fingerprint density at radius 1 is 1.26 bits per heavy atom. The molecular formula is C13H23N3O3. The van der Waals surface area contributed by atoms with Gasteiger partial charge < -0.3 is 20.3 Å². The highest BCUT2D eigenvalue weighted by Crippen LogP contribution is 2.04. The number of nitrogens with zero attached hydrogens (tertiary/aromatic N) is 1. The van der Waals surface area contributed by atoms with Crippen molar-refractivity contribution in [2.75, 3.05) is 39.4 Å². The normalized spacial score (nSPS) is 24.0. The molecule has 2 aliphatic heterocycles. The van der Waals surface area contributed by atoms with Gasteiger partial charge in [0.2, 0.25) is 11.8 Å². The zero-order valence-corrected chi connectivity index (χ0v) is 11.3. The number of morpholine rings is 1. The molecule has 0 aromatic heterocycles. The van der Waals surface area contributed by atoms with Crippen LogP contribution < -0.4 is 10.6 Å². The van der Waals surface area contributed by atoms with Gasteiger partial charge >= 0.3 is 0 Å². The second-order valence-electron chi connectivity index (χ2n) is 5.10. The summed E-state index contributed by atoms with van der Waals surface area (Å²) in [5, 5.41) is 6.23. The van der Waals surface area contributed by atoms with Crippen LogP contribution in [0.1, 0.15) is 25.7 Å². The molecule has 0 spiro atoms. The molecule has 2 N–H and O–H groups in total. The number of nitrogens with one attached hydrogen (secondary N) is 2. The van der Waals surface area contributed by atoms with Crippen molar-refractivity contribution in [3.8, 4) is 0 Å². The van der Waals surface area contributed by atoms with E-state index in [9.17, 15) is 9.59 Å². The molecule has 0 unspecified atom stereocenters. The molecule has 2 aliphatic rings. The van der Waals surface area contributed by atoms with E-state index in [2.05, 4.69) is 10.6 Å². The third kappa shape index (κ3) is 4.80. The van der Waals surface area contributed by atoms with Gasteiger partial charge in [0.25, 0.3) is 0 Å². The lowest BCUT2D eigenvalue weighted by Gasteiger charge is -2.27. The lowest BCUT2D eigenvalue weighted by Crippen LogP contribution is -2.46. The summed E-state index contributed by atoms with van der Waals surface area (Å²) < 4.78 is 5.20. The van der Waals surface area contributed by atoms with E-state index >= 15 is 0 Å². The lowest BCUT2D eigenvalue weighted by molar-refractivity contribution is -0.137. The van der Waals surface area contributed by atoms with Crippen LogP contribution in [0.15, 0.2) is 0 Å². The first-order valence-electron chi connectivity index (χ1n) is 7.11. The van der Waals surface area contributed by atoms with E-state index in [1.54, 1.807) is 4.90 Å². The Morgan fingerprint density at radius 2 is 2.05 bits per heavy atom. The number of hydrogen-bond acceptors (Lipinski definition) is 4. The van der Waals surface area contributed by atoms with E-state index in [4.69, 9.17) is 4.74 Å². The molecular weight excluding hydrogens is 246 g/mol. The molecule has 0 aromatic rings. The van der Waals surface area contributed by atoms with Gasteiger partial charge in [-0.1, -0.05) is 0 Å². The Hall–Kier alpha value is -1.14. The summed E-state index contributed by atoms with van der Waals surface area (Å²) in [5.41, 5.74) is 0. The Balaban J connectivity index is 1.63. The quantitative estimate of drug-likeness (QED) is 0.721. The molecule has 6 heteroatoms. The number of rotatable bonds is 4. The Labute approximate surface area is 113 Å². The minimum Gasteiger partial charge on any atom is -0.378 e. The molecule has 2 rings (SSSR count). The monoisotopic (exact) mass is 269 g/mol. The maximum absolute atomic E-state index is 11.9. The minimum absolute atomic E-state index is 0.0182. The predicted octanol–water partition coefficient (Wildman–Crippen LogP) is -0.506. The van der Waals surface area contributed by atoms with Crippen LogP contribution in [-0.4, -0.2) is 62.1 Å². The van der Waals surface area contributed by atoms with Gasteiger partial charge in [-0.2, -0.15) is 0 Å². The molecule has 0 bridgehead atoms. The van der Waals surface area contributed by atoms with Crippen LogP contribution in [0, 0.1) is 0 Å². The smallest absolute Gasteiger partial charge is 0.223 e. The minimum atomic E-state index is -0.0182. The fraction of sp³-hybridized carbons (Fsp3) is 0.846. The van der Waals surface area contributed by atoms with Crippen molar-refractivity contribution in [1.82, 2.24) is 15.5 Å². The molecule has 108 valence electrons. The standard InChI is InChI=1S/C13H23N3O3/c17-12(15-11-2-1-5-14-10-11)3-4-13(18)16-6-8-19-9-7-16/h11,14H,1-10H2,(H,15,17)/t11-/m0/s1. The van der Waals surface area contributed by atoms with Crippen LogP contribution >= 0.6 is 0 Å². The van der Waals surface area contributed by atoms with Gasteiger partial charge in [0.05, 0.1) is 13.2 Å². The van der Waals surface area contributed by atoms with Crippen LogP contribution in [0.5, 0.6) is 0 Å². The van der Waals surface area contributed by atoms with Crippen LogP contribution in [0.25, 0.3) is 0 Å². The van der Waals surface area contributed by atoms with Crippen molar-refractivity contribution in [3.05, 3.63) is 0 Å². The first-order chi connectivity index (χ1) is 9.25. The highest BCUT2D eigenvalue weighted by atomic mass is 16.5. The molecule has 0 aromatic carbocycles. The van der Waals surface area contributed by atoms with Crippen LogP contribution in [0.2, 0.25) is 0 Å². The topological polar surface area (TPSA) is 70.7 Å². The van der Waals surface area contributed by atoms with Gasteiger partial charge in [-0.05, 0) is 19.4 Å². The second kappa shape index (κ2) is 7.45. The largest absolute Gasteiger partial charge is 0.378 e. The third-order valence-corrected chi connectivity index (χ3v) is 3.59. The summed E-state index contributed by atoms with van der Waals surface area (Å²) in [6.45, 7) is 4.36. The zero-order valence-electron chi connectivity index (χ0n) is 11.3. The number of carbonyl (C=O) groups is 2. The van der Waals surface area contributed by atoms with Crippen molar-refractivity contribution in [2.24, 2.45) is 0 Å². The zero-order chi connectivity index (χ0) is 13.5. The van der Waals surface area contributed by atoms with Crippen molar-refractivity contribution >= 4 is 11.8 Å². The van der Waals surface area contributed by atoms with Crippen LogP contribution in [-0.2, 0) is 14.3 Å². The Morgan fingerprint density at radius 3 is 2.74 bits per heavy atom. The maximum atomic E-state index is 11.9. The summed E-state index contributed by atoms with van der Waals surface area (Å²) >= 11 is 0. The molecule has 6 nitrogen and oxygen atoms in total. The molecule has 0 saturated carbocycles. The summed E-state index contributed by atoms with van der Waals surface area (Å²) in [7, 11) is 0. The van der Waals surface area contributed by atoms with E-state index in [0.29, 0.717) is 32.7 Å². The molecule has 1 atom stereocenters. The highest BCUT2D eigenvalue weighted by molar-refractivity contribution is 5.84. The van der Waals surface area contributed by atoms with Gasteiger partial charge in [-0.3, -0.25) is 9.59 Å². The van der Waals surface area contributed by atoms with Gasteiger partial charge in [-0.25, -0.2) is 0 Å².